The molecule has 0 radical (unpaired) electrons. The molecule has 2 aromatic carbocycles. The standard InChI is InChI=1S/C13H14N2/c1-9-8-11(4-7-13(9)15)10-2-5-12(14)6-3-10/h2-8H,14-15H2,1H3. The summed E-state index contributed by atoms with van der Waals surface area (Å²) in [7, 11) is 0. The van der Waals surface area contributed by atoms with Gasteiger partial charge in [0.05, 0.1) is 0 Å². The summed E-state index contributed by atoms with van der Waals surface area (Å²) in [5.41, 5.74) is 16.4. The minimum atomic E-state index is 0.783. The van der Waals surface area contributed by atoms with E-state index >= 15 is 0 Å². The molecule has 2 rings (SSSR count). The maximum absolute atomic E-state index is 5.77. The molecule has 0 saturated heterocycles. The maximum Gasteiger partial charge on any atom is 0.0344 e. The van der Waals surface area contributed by atoms with E-state index in [0.29, 0.717) is 0 Å². The summed E-state index contributed by atoms with van der Waals surface area (Å²) in [6, 6.07) is 13.9. The Labute approximate surface area is 89.5 Å². The number of anilines is 2. The zero-order chi connectivity index (χ0) is 10.8. The number of hydrogen-bond donors (Lipinski definition) is 2. The van der Waals surface area contributed by atoms with Gasteiger partial charge in [0.15, 0.2) is 0 Å². The third-order valence-electron chi connectivity index (χ3n) is 2.51. The lowest BCUT2D eigenvalue weighted by atomic mass is 10.0. The normalized spacial score (nSPS) is 10.2. The van der Waals surface area contributed by atoms with Crippen molar-refractivity contribution in [2.45, 2.75) is 6.92 Å². The molecule has 0 bridgehead atoms. The third kappa shape index (κ3) is 1.94. The fourth-order valence-corrected chi connectivity index (χ4v) is 1.53. The van der Waals surface area contributed by atoms with Crippen LogP contribution in [-0.2, 0) is 0 Å². The molecule has 0 unspecified atom stereocenters. The molecular formula is C13H14N2. The summed E-state index contributed by atoms with van der Waals surface area (Å²) in [6.45, 7) is 2.01. The molecule has 0 aliphatic carbocycles. The van der Waals surface area contributed by atoms with Crippen molar-refractivity contribution in [2.24, 2.45) is 0 Å². The molecule has 0 fully saturated rings. The highest BCUT2D eigenvalue weighted by Crippen LogP contribution is 2.23. The van der Waals surface area contributed by atoms with Crippen molar-refractivity contribution >= 4 is 11.4 Å². The Morgan fingerprint density at radius 3 is 2.00 bits per heavy atom. The Morgan fingerprint density at radius 1 is 0.800 bits per heavy atom. The minimum Gasteiger partial charge on any atom is -0.399 e. The van der Waals surface area contributed by atoms with Crippen molar-refractivity contribution in [3.05, 3.63) is 48.0 Å². The van der Waals surface area contributed by atoms with Gasteiger partial charge in [-0.3, -0.25) is 0 Å². The molecule has 2 nitrogen and oxygen atoms in total. The Bertz CT molecular complexity index is 472. The smallest absolute Gasteiger partial charge is 0.0344 e. The first-order chi connectivity index (χ1) is 7.16. The van der Waals surface area contributed by atoms with Gasteiger partial charge in [-0.2, -0.15) is 0 Å². The predicted octanol–water partition coefficient (Wildman–Crippen LogP) is 2.83. The quantitative estimate of drug-likeness (QED) is 0.692. The van der Waals surface area contributed by atoms with Crippen LogP contribution in [0.1, 0.15) is 5.56 Å². The van der Waals surface area contributed by atoms with Crippen molar-refractivity contribution in [1.82, 2.24) is 0 Å². The van der Waals surface area contributed by atoms with Crippen molar-refractivity contribution in [2.75, 3.05) is 11.5 Å². The Morgan fingerprint density at radius 2 is 1.40 bits per heavy atom. The van der Waals surface area contributed by atoms with E-state index < -0.39 is 0 Å². The summed E-state index contributed by atoms with van der Waals surface area (Å²) in [5, 5.41) is 0. The zero-order valence-electron chi connectivity index (χ0n) is 8.70. The van der Waals surface area contributed by atoms with Crippen molar-refractivity contribution in [3.8, 4) is 11.1 Å². The molecule has 15 heavy (non-hydrogen) atoms. The maximum atomic E-state index is 5.77. The number of aryl methyl sites for hydroxylation is 1. The lowest BCUT2D eigenvalue weighted by Gasteiger charge is -2.05. The van der Waals surface area contributed by atoms with E-state index in [4.69, 9.17) is 11.5 Å². The predicted molar refractivity (Wildman–Crippen MR) is 65.4 cm³/mol. The second-order valence-electron chi connectivity index (χ2n) is 3.69. The van der Waals surface area contributed by atoms with Gasteiger partial charge in [-0.05, 0) is 47.9 Å². The Balaban J connectivity index is 2.45. The van der Waals surface area contributed by atoms with Crippen molar-refractivity contribution < 1.29 is 0 Å². The summed E-state index contributed by atoms with van der Waals surface area (Å²) in [6.07, 6.45) is 0. The lowest BCUT2D eigenvalue weighted by molar-refractivity contribution is 1.46. The average molecular weight is 198 g/mol. The Hall–Kier alpha value is -1.96. The third-order valence-corrected chi connectivity index (χ3v) is 2.51. The van der Waals surface area contributed by atoms with Crippen LogP contribution in [0.25, 0.3) is 11.1 Å². The molecule has 2 heteroatoms. The average Bonchev–Trinajstić information content (AvgIpc) is 2.23. The molecule has 0 spiro atoms. The van der Waals surface area contributed by atoms with Gasteiger partial charge in [0, 0.05) is 11.4 Å². The number of rotatable bonds is 1. The van der Waals surface area contributed by atoms with Crippen molar-refractivity contribution in [3.63, 3.8) is 0 Å². The molecule has 0 saturated carbocycles. The summed E-state index contributed by atoms with van der Waals surface area (Å²) >= 11 is 0. The van der Waals surface area contributed by atoms with Gasteiger partial charge in [-0.1, -0.05) is 18.2 Å². The molecule has 0 atom stereocenters. The van der Waals surface area contributed by atoms with Gasteiger partial charge in [-0.25, -0.2) is 0 Å². The van der Waals surface area contributed by atoms with Crippen LogP contribution in [0.3, 0.4) is 0 Å². The van der Waals surface area contributed by atoms with Crippen LogP contribution in [0.2, 0.25) is 0 Å². The number of nitrogen functional groups attached to an aromatic ring is 2. The highest BCUT2D eigenvalue weighted by molar-refractivity contribution is 5.68. The van der Waals surface area contributed by atoms with Crippen molar-refractivity contribution in [1.29, 1.82) is 0 Å². The summed E-state index contributed by atoms with van der Waals surface area (Å²) < 4.78 is 0. The van der Waals surface area contributed by atoms with Gasteiger partial charge in [0.1, 0.15) is 0 Å². The monoisotopic (exact) mass is 198 g/mol. The second kappa shape index (κ2) is 3.65. The first-order valence-corrected chi connectivity index (χ1v) is 4.89. The molecule has 4 N–H and O–H groups in total. The van der Waals surface area contributed by atoms with E-state index in [0.717, 1.165) is 22.5 Å². The first-order valence-electron chi connectivity index (χ1n) is 4.89. The number of hydrogen-bond acceptors (Lipinski definition) is 2. The topological polar surface area (TPSA) is 52.0 Å². The van der Waals surface area contributed by atoms with Crippen LogP contribution >= 0.6 is 0 Å². The molecular weight excluding hydrogens is 184 g/mol. The minimum absolute atomic E-state index is 0.783. The molecule has 0 amide bonds. The second-order valence-corrected chi connectivity index (χ2v) is 3.69. The van der Waals surface area contributed by atoms with Gasteiger partial charge in [-0.15, -0.1) is 0 Å². The summed E-state index contributed by atoms with van der Waals surface area (Å²) in [4.78, 5) is 0. The number of nitrogens with two attached hydrogens (primary N) is 2. The van der Waals surface area contributed by atoms with Gasteiger partial charge in [0.25, 0.3) is 0 Å². The molecule has 0 aliphatic rings. The highest BCUT2D eigenvalue weighted by Gasteiger charge is 1.99. The van der Waals surface area contributed by atoms with Crippen LogP contribution in [0.15, 0.2) is 42.5 Å². The van der Waals surface area contributed by atoms with E-state index in [9.17, 15) is 0 Å². The lowest BCUT2D eigenvalue weighted by Crippen LogP contribution is -1.89. The van der Waals surface area contributed by atoms with Gasteiger partial charge < -0.3 is 11.5 Å². The fraction of sp³-hybridized carbons (Fsp3) is 0.0769. The van der Waals surface area contributed by atoms with Crippen LogP contribution in [0.5, 0.6) is 0 Å². The first kappa shape index (κ1) is 9.59. The van der Waals surface area contributed by atoms with Gasteiger partial charge >= 0.3 is 0 Å². The molecule has 0 heterocycles. The summed E-state index contributed by atoms with van der Waals surface area (Å²) in [5.74, 6) is 0. The van der Waals surface area contributed by atoms with E-state index in [2.05, 4.69) is 6.07 Å². The number of benzene rings is 2. The SMILES string of the molecule is Cc1cc(-c2ccc(N)cc2)ccc1N. The molecule has 76 valence electrons. The highest BCUT2D eigenvalue weighted by atomic mass is 14.6. The largest absolute Gasteiger partial charge is 0.399 e. The van der Waals surface area contributed by atoms with Crippen LogP contribution in [-0.4, -0.2) is 0 Å². The van der Waals surface area contributed by atoms with E-state index in [-0.39, 0.29) is 0 Å². The van der Waals surface area contributed by atoms with Crippen LogP contribution < -0.4 is 11.5 Å². The molecule has 2 aromatic rings. The molecule has 0 aromatic heterocycles. The van der Waals surface area contributed by atoms with E-state index in [1.807, 2.05) is 43.3 Å². The van der Waals surface area contributed by atoms with Gasteiger partial charge in [0.2, 0.25) is 0 Å². The zero-order valence-corrected chi connectivity index (χ0v) is 8.70. The van der Waals surface area contributed by atoms with E-state index in [1.165, 1.54) is 5.56 Å². The van der Waals surface area contributed by atoms with Crippen LogP contribution in [0, 0.1) is 6.92 Å². The van der Waals surface area contributed by atoms with Crippen LogP contribution in [0.4, 0.5) is 11.4 Å². The molecule has 0 aliphatic heterocycles. The fourth-order valence-electron chi connectivity index (χ4n) is 1.53. The van der Waals surface area contributed by atoms with E-state index in [1.54, 1.807) is 0 Å². The Kier molecular flexibility index (Phi) is 2.34.